The van der Waals surface area contributed by atoms with Crippen molar-refractivity contribution >= 4 is 34.0 Å². The van der Waals surface area contributed by atoms with Gasteiger partial charge in [0.15, 0.2) is 0 Å². The summed E-state index contributed by atoms with van der Waals surface area (Å²) in [5.74, 6) is 0.555. The first-order valence-corrected chi connectivity index (χ1v) is 12.0. The number of aromatic nitrogens is 1. The molecule has 1 aromatic heterocycles. The van der Waals surface area contributed by atoms with Crippen LogP contribution in [-0.4, -0.2) is 43.7 Å². The third-order valence-electron chi connectivity index (χ3n) is 6.21. The van der Waals surface area contributed by atoms with E-state index >= 15 is 0 Å². The number of amides is 2. The van der Waals surface area contributed by atoms with Gasteiger partial charge in [0.2, 0.25) is 0 Å². The van der Waals surface area contributed by atoms with E-state index in [9.17, 15) is 18.0 Å². The van der Waals surface area contributed by atoms with Crippen LogP contribution in [0.15, 0.2) is 72.8 Å². The Kier molecular flexibility index (Phi) is 7.06. The molecule has 0 bridgehead atoms. The number of nitrogens with zero attached hydrogens (tertiary/aromatic N) is 2. The zero-order valence-corrected chi connectivity index (χ0v) is 20.5. The van der Waals surface area contributed by atoms with Crippen molar-refractivity contribution in [3.8, 4) is 16.9 Å². The van der Waals surface area contributed by atoms with Crippen LogP contribution in [-0.2, 0) is 4.74 Å². The third-order valence-corrected chi connectivity index (χ3v) is 6.21. The number of anilines is 3. The number of hydrogen-bond acceptors (Lipinski definition) is 5. The first-order valence-electron chi connectivity index (χ1n) is 12.0. The zero-order valence-electron chi connectivity index (χ0n) is 20.5. The van der Waals surface area contributed by atoms with E-state index in [1.807, 2.05) is 49.4 Å². The normalized spacial score (nSPS) is 13.8. The van der Waals surface area contributed by atoms with Crippen molar-refractivity contribution in [2.24, 2.45) is 0 Å². The highest BCUT2D eigenvalue weighted by Crippen LogP contribution is 2.35. The van der Waals surface area contributed by atoms with Crippen LogP contribution < -0.4 is 20.3 Å². The molecule has 196 valence electrons. The second kappa shape index (κ2) is 10.6. The van der Waals surface area contributed by atoms with Crippen LogP contribution in [0.5, 0.6) is 5.75 Å². The van der Waals surface area contributed by atoms with Gasteiger partial charge in [-0.15, -0.1) is 13.2 Å². The second-order valence-electron chi connectivity index (χ2n) is 8.76. The Morgan fingerprint density at radius 1 is 0.895 bits per heavy atom. The molecule has 0 radical (unpaired) electrons. The Labute approximate surface area is 217 Å². The maximum Gasteiger partial charge on any atom is 0.573 e. The van der Waals surface area contributed by atoms with Crippen molar-refractivity contribution in [3.63, 3.8) is 0 Å². The number of carbonyl (C=O) groups excluding carboxylic acids is 1. The summed E-state index contributed by atoms with van der Waals surface area (Å²) >= 11 is 0. The van der Waals surface area contributed by atoms with Crippen LogP contribution in [0.25, 0.3) is 21.9 Å². The summed E-state index contributed by atoms with van der Waals surface area (Å²) in [5.41, 5.74) is 3.80. The summed E-state index contributed by atoms with van der Waals surface area (Å²) in [5, 5.41) is 7.25. The van der Waals surface area contributed by atoms with Gasteiger partial charge in [0.25, 0.3) is 0 Å². The zero-order chi connectivity index (χ0) is 26.7. The maximum absolute atomic E-state index is 12.7. The van der Waals surface area contributed by atoms with Gasteiger partial charge < -0.3 is 25.0 Å². The summed E-state index contributed by atoms with van der Waals surface area (Å²) in [6.45, 7) is 4.98. The van der Waals surface area contributed by atoms with Crippen LogP contribution in [0.1, 0.15) is 5.69 Å². The summed E-state index contributed by atoms with van der Waals surface area (Å²) < 4.78 is 46.4. The van der Waals surface area contributed by atoms with Gasteiger partial charge in [0.1, 0.15) is 11.6 Å². The number of hydrogen-bond donors (Lipinski definition) is 2. The largest absolute Gasteiger partial charge is 0.573 e. The van der Waals surface area contributed by atoms with Crippen molar-refractivity contribution in [2.45, 2.75) is 13.3 Å². The molecule has 2 heterocycles. The monoisotopic (exact) mass is 522 g/mol. The molecule has 5 rings (SSSR count). The minimum absolute atomic E-state index is 0.319. The van der Waals surface area contributed by atoms with Crippen LogP contribution in [0, 0.1) is 6.92 Å². The lowest BCUT2D eigenvalue weighted by molar-refractivity contribution is -0.274. The molecule has 4 aromatic rings. The fraction of sp³-hybridized carbons (Fsp3) is 0.214. The first-order chi connectivity index (χ1) is 18.3. The van der Waals surface area contributed by atoms with Crippen LogP contribution >= 0.6 is 0 Å². The van der Waals surface area contributed by atoms with Gasteiger partial charge in [-0.1, -0.05) is 30.3 Å². The topological polar surface area (TPSA) is 75.7 Å². The van der Waals surface area contributed by atoms with Gasteiger partial charge in [-0.25, -0.2) is 9.78 Å². The molecule has 1 saturated heterocycles. The molecule has 0 unspecified atom stereocenters. The van der Waals surface area contributed by atoms with Crippen molar-refractivity contribution < 1.29 is 27.4 Å². The van der Waals surface area contributed by atoms with E-state index in [2.05, 4.69) is 26.3 Å². The average molecular weight is 523 g/mol. The first kappa shape index (κ1) is 25.3. The summed E-state index contributed by atoms with van der Waals surface area (Å²) in [4.78, 5) is 19.7. The number of ether oxygens (including phenoxy) is 2. The van der Waals surface area contributed by atoms with Gasteiger partial charge in [-0.2, -0.15) is 0 Å². The SMILES string of the molecule is Cc1nc(N2CCOCC2)ccc1-c1ccc(NC(=O)Nc2ccc(OC(F)(F)F)cc2)c2ccccc12. The van der Waals surface area contributed by atoms with Gasteiger partial charge in [-0.3, -0.25) is 0 Å². The number of urea groups is 1. The molecule has 0 spiro atoms. The smallest absolute Gasteiger partial charge is 0.406 e. The number of fused-ring (bicyclic) bond motifs is 1. The number of nitrogens with one attached hydrogen (secondary N) is 2. The third kappa shape index (κ3) is 5.81. The van der Waals surface area contributed by atoms with Crippen molar-refractivity contribution in [2.75, 3.05) is 41.8 Å². The Hall–Kier alpha value is -4.31. The molecule has 7 nitrogen and oxygen atoms in total. The molecule has 10 heteroatoms. The van der Waals surface area contributed by atoms with Crippen LogP contribution in [0.2, 0.25) is 0 Å². The number of aryl methyl sites for hydroxylation is 1. The van der Waals surface area contributed by atoms with Crippen LogP contribution in [0.4, 0.5) is 35.2 Å². The van der Waals surface area contributed by atoms with Crippen molar-refractivity contribution in [1.82, 2.24) is 4.98 Å². The highest BCUT2D eigenvalue weighted by molar-refractivity contribution is 6.09. The standard InChI is InChI=1S/C28H25F3N4O3/c1-18-21(11-13-26(32-18)35-14-16-37-17-15-35)23-10-12-25(24-5-3-2-4-22(23)24)34-27(36)33-19-6-8-20(9-7-19)38-28(29,30)31/h2-13H,14-17H2,1H3,(H2,33,34,36). The number of pyridine rings is 1. The Bertz CT molecular complexity index is 1450. The van der Waals surface area contributed by atoms with E-state index in [0.29, 0.717) is 24.6 Å². The molecule has 2 amide bonds. The molecular formula is C28H25F3N4O3. The highest BCUT2D eigenvalue weighted by atomic mass is 19.4. The van der Waals surface area contributed by atoms with E-state index < -0.39 is 12.4 Å². The molecular weight excluding hydrogens is 497 g/mol. The van der Waals surface area contributed by atoms with Gasteiger partial charge in [-0.05, 0) is 60.3 Å². The van der Waals surface area contributed by atoms with Gasteiger partial charge >= 0.3 is 12.4 Å². The number of halogens is 3. The van der Waals surface area contributed by atoms with Crippen molar-refractivity contribution in [3.05, 3.63) is 78.5 Å². The summed E-state index contributed by atoms with van der Waals surface area (Å²) in [6.07, 6.45) is -4.78. The van der Waals surface area contributed by atoms with E-state index in [1.54, 1.807) is 0 Å². The number of alkyl halides is 3. The minimum atomic E-state index is -4.78. The highest BCUT2D eigenvalue weighted by Gasteiger charge is 2.31. The van der Waals surface area contributed by atoms with E-state index in [0.717, 1.165) is 58.6 Å². The second-order valence-corrected chi connectivity index (χ2v) is 8.76. The van der Waals surface area contributed by atoms with E-state index in [4.69, 9.17) is 9.72 Å². The van der Waals surface area contributed by atoms with Gasteiger partial charge in [0.05, 0.1) is 18.9 Å². The Balaban J connectivity index is 1.35. The quantitative estimate of drug-likeness (QED) is 0.309. The number of carbonyl (C=O) groups is 1. The lowest BCUT2D eigenvalue weighted by atomic mass is 9.96. The molecule has 0 aliphatic carbocycles. The number of benzene rings is 3. The fourth-order valence-corrected chi connectivity index (χ4v) is 4.47. The molecule has 0 saturated carbocycles. The molecule has 1 aliphatic heterocycles. The molecule has 1 aliphatic rings. The van der Waals surface area contributed by atoms with Gasteiger partial charge in [0, 0.05) is 35.4 Å². The lowest BCUT2D eigenvalue weighted by Crippen LogP contribution is -2.36. The maximum atomic E-state index is 12.7. The van der Waals surface area contributed by atoms with E-state index in [-0.39, 0.29) is 5.75 Å². The molecule has 1 fully saturated rings. The Morgan fingerprint density at radius 3 is 2.26 bits per heavy atom. The lowest BCUT2D eigenvalue weighted by Gasteiger charge is -2.28. The molecule has 3 aromatic carbocycles. The number of morpholine rings is 1. The minimum Gasteiger partial charge on any atom is -0.406 e. The predicted molar refractivity (Wildman–Crippen MR) is 141 cm³/mol. The summed E-state index contributed by atoms with van der Waals surface area (Å²) in [7, 11) is 0. The average Bonchev–Trinajstić information content (AvgIpc) is 2.90. The Morgan fingerprint density at radius 2 is 1.58 bits per heavy atom. The summed E-state index contributed by atoms with van der Waals surface area (Å²) in [6, 6.07) is 20.0. The fourth-order valence-electron chi connectivity index (χ4n) is 4.47. The van der Waals surface area contributed by atoms with Crippen LogP contribution in [0.3, 0.4) is 0 Å². The molecule has 2 N–H and O–H groups in total. The molecule has 0 atom stereocenters. The predicted octanol–water partition coefficient (Wildman–Crippen LogP) is 6.59. The number of rotatable bonds is 5. The van der Waals surface area contributed by atoms with Crippen molar-refractivity contribution in [1.29, 1.82) is 0 Å². The van der Waals surface area contributed by atoms with E-state index in [1.165, 1.54) is 12.1 Å². The molecule has 38 heavy (non-hydrogen) atoms.